The molecule has 2 N–H and O–H groups in total. The second-order valence-corrected chi connectivity index (χ2v) is 4.79. The second kappa shape index (κ2) is 5.93. The minimum Gasteiger partial charge on any atom is -0.465 e. The highest BCUT2D eigenvalue weighted by atomic mass is 35.5. The fraction of sp³-hybridized carbons (Fsp3) is 0.385. The number of hydrogen-bond acceptors (Lipinski definition) is 4. The van der Waals surface area contributed by atoms with Gasteiger partial charge in [-0.05, 0) is 31.0 Å². The van der Waals surface area contributed by atoms with Gasteiger partial charge < -0.3 is 15.4 Å². The molecule has 5 nitrogen and oxygen atoms in total. The first kappa shape index (κ1) is 13.7. The predicted octanol–water partition coefficient (Wildman–Crippen LogP) is 1.82. The van der Waals surface area contributed by atoms with E-state index in [-0.39, 0.29) is 18.0 Å². The fourth-order valence-corrected chi connectivity index (χ4v) is 1.79. The third kappa shape index (κ3) is 3.86. The predicted molar refractivity (Wildman–Crippen MR) is 72.4 cm³/mol. The van der Waals surface area contributed by atoms with Crippen LogP contribution in [0, 0.1) is 0 Å². The fourth-order valence-electron chi connectivity index (χ4n) is 1.59. The van der Waals surface area contributed by atoms with Crippen LogP contribution in [-0.2, 0) is 9.53 Å². The zero-order chi connectivity index (χ0) is 13.8. The molecule has 1 aromatic rings. The molecule has 1 aliphatic carbocycles. The first-order valence-electron chi connectivity index (χ1n) is 6.01. The number of esters is 1. The van der Waals surface area contributed by atoms with Crippen molar-refractivity contribution < 1.29 is 14.3 Å². The Kier molecular flexibility index (Phi) is 4.27. The van der Waals surface area contributed by atoms with Gasteiger partial charge in [-0.15, -0.1) is 0 Å². The van der Waals surface area contributed by atoms with Crippen LogP contribution in [0.15, 0.2) is 18.2 Å². The van der Waals surface area contributed by atoms with Gasteiger partial charge in [-0.1, -0.05) is 11.6 Å². The summed E-state index contributed by atoms with van der Waals surface area (Å²) in [5.74, 6) is -0.562. The van der Waals surface area contributed by atoms with Gasteiger partial charge >= 0.3 is 5.97 Å². The molecule has 0 radical (unpaired) electrons. The molecule has 6 heteroatoms. The Morgan fingerprint density at radius 2 is 2.16 bits per heavy atom. The lowest BCUT2D eigenvalue weighted by molar-refractivity contribution is -0.119. The van der Waals surface area contributed by atoms with E-state index in [0.717, 1.165) is 12.8 Å². The Morgan fingerprint density at radius 3 is 2.79 bits per heavy atom. The van der Waals surface area contributed by atoms with Crippen LogP contribution in [-0.4, -0.2) is 31.6 Å². The molecule has 1 saturated carbocycles. The second-order valence-electron chi connectivity index (χ2n) is 4.38. The van der Waals surface area contributed by atoms with Gasteiger partial charge in [-0.25, -0.2) is 4.79 Å². The number of carbonyl (C=O) groups is 2. The number of ether oxygens (including phenoxy) is 1. The minimum absolute atomic E-state index is 0.0583. The normalized spacial score (nSPS) is 13.8. The van der Waals surface area contributed by atoms with Gasteiger partial charge in [0.1, 0.15) is 0 Å². The lowest BCUT2D eigenvalue weighted by atomic mass is 10.2. The molecule has 2 rings (SSSR count). The van der Waals surface area contributed by atoms with Crippen molar-refractivity contribution in [3.8, 4) is 0 Å². The van der Waals surface area contributed by atoms with E-state index in [1.54, 1.807) is 18.2 Å². The quantitative estimate of drug-likeness (QED) is 0.809. The summed E-state index contributed by atoms with van der Waals surface area (Å²) in [5, 5.41) is 6.13. The monoisotopic (exact) mass is 282 g/mol. The highest BCUT2D eigenvalue weighted by Gasteiger charge is 2.22. The number of hydrogen-bond donors (Lipinski definition) is 2. The maximum Gasteiger partial charge on any atom is 0.339 e. The van der Waals surface area contributed by atoms with E-state index in [9.17, 15) is 9.59 Å². The van der Waals surface area contributed by atoms with Crippen LogP contribution in [0.3, 0.4) is 0 Å². The summed E-state index contributed by atoms with van der Waals surface area (Å²) in [4.78, 5) is 23.0. The summed E-state index contributed by atoms with van der Waals surface area (Å²) in [6.07, 6.45) is 2.11. The maximum absolute atomic E-state index is 11.5. The van der Waals surface area contributed by atoms with Crippen molar-refractivity contribution in [3.05, 3.63) is 28.8 Å². The number of nitrogens with one attached hydrogen (secondary N) is 2. The standard InChI is InChI=1S/C13H15ClN2O3/c1-19-13(18)10-6-9(4-5-11(10)14)15-7-12(17)16-8-2-3-8/h4-6,8,15H,2-3,7H2,1H3,(H,16,17). The largest absolute Gasteiger partial charge is 0.465 e. The molecule has 0 aliphatic heterocycles. The van der Waals surface area contributed by atoms with Gasteiger partial charge in [0.2, 0.25) is 5.91 Å². The van der Waals surface area contributed by atoms with Crippen LogP contribution in [0.4, 0.5) is 5.69 Å². The highest BCUT2D eigenvalue weighted by molar-refractivity contribution is 6.33. The van der Waals surface area contributed by atoms with Gasteiger partial charge in [-0.3, -0.25) is 4.79 Å². The average molecular weight is 283 g/mol. The molecule has 0 aromatic heterocycles. The Labute approximate surface area is 116 Å². The van der Waals surface area contributed by atoms with E-state index in [1.807, 2.05) is 0 Å². The molecule has 0 heterocycles. The maximum atomic E-state index is 11.5. The first-order chi connectivity index (χ1) is 9.10. The van der Waals surface area contributed by atoms with Crippen LogP contribution < -0.4 is 10.6 Å². The van der Waals surface area contributed by atoms with Gasteiger partial charge in [0, 0.05) is 11.7 Å². The minimum atomic E-state index is -0.504. The van der Waals surface area contributed by atoms with E-state index >= 15 is 0 Å². The van der Waals surface area contributed by atoms with Gasteiger partial charge in [0.15, 0.2) is 0 Å². The van der Waals surface area contributed by atoms with E-state index in [2.05, 4.69) is 15.4 Å². The molecule has 19 heavy (non-hydrogen) atoms. The molecule has 0 spiro atoms. The molecule has 1 aromatic carbocycles. The first-order valence-corrected chi connectivity index (χ1v) is 6.39. The topological polar surface area (TPSA) is 67.4 Å². The van der Waals surface area contributed by atoms with Crippen molar-refractivity contribution in [2.24, 2.45) is 0 Å². The van der Waals surface area contributed by atoms with E-state index in [0.29, 0.717) is 16.8 Å². The third-order valence-electron chi connectivity index (χ3n) is 2.77. The lowest BCUT2D eigenvalue weighted by Gasteiger charge is -2.09. The van der Waals surface area contributed by atoms with Crippen LogP contribution >= 0.6 is 11.6 Å². The molecule has 1 aliphatic rings. The summed E-state index contributed by atoms with van der Waals surface area (Å²) in [7, 11) is 1.29. The van der Waals surface area contributed by atoms with Gasteiger partial charge in [0.25, 0.3) is 0 Å². The molecule has 0 unspecified atom stereocenters. The van der Waals surface area contributed by atoms with Crippen molar-refractivity contribution in [2.45, 2.75) is 18.9 Å². The SMILES string of the molecule is COC(=O)c1cc(NCC(=O)NC2CC2)ccc1Cl. The number of rotatable bonds is 5. The molecule has 1 fully saturated rings. The highest BCUT2D eigenvalue weighted by Crippen LogP contribution is 2.21. The van der Waals surface area contributed by atoms with Crippen molar-refractivity contribution in [1.29, 1.82) is 0 Å². The van der Waals surface area contributed by atoms with E-state index in [1.165, 1.54) is 7.11 Å². The summed E-state index contributed by atoms with van der Waals surface area (Å²) in [6.45, 7) is 0.165. The van der Waals surface area contributed by atoms with Crippen LogP contribution in [0.2, 0.25) is 5.02 Å². The molecular formula is C13H15ClN2O3. The Bertz CT molecular complexity index is 501. The molecule has 102 valence electrons. The van der Waals surface area contributed by atoms with Gasteiger partial charge in [-0.2, -0.15) is 0 Å². The summed E-state index contributed by atoms with van der Waals surface area (Å²) in [5.41, 5.74) is 0.924. The molecule has 1 amide bonds. The zero-order valence-corrected chi connectivity index (χ0v) is 11.3. The number of amides is 1. The van der Waals surface area contributed by atoms with Crippen molar-refractivity contribution >= 4 is 29.2 Å². The summed E-state index contributed by atoms with van der Waals surface area (Å²) in [6, 6.07) is 5.21. The average Bonchev–Trinajstić information content (AvgIpc) is 3.20. The van der Waals surface area contributed by atoms with E-state index in [4.69, 9.17) is 11.6 Å². The Morgan fingerprint density at radius 1 is 1.42 bits per heavy atom. The van der Waals surface area contributed by atoms with Crippen LogP contribution in [0.5, 0.6) is 0 Å². The smallest absolute Gasteiger partial charge is 0.339 e. The Hall–Kier alpha value is -1.75. The number of methoxy groups -OCH3 is 1. The van der Waals surface area contributed by atoms with Crippen LogP contribution in [0.25, 0.3) is 0 Å². The third-order valence-corrected chi connectivity index (χ3v) is 3.10. The number of carbonyl (C=O) groups excluding carboxylic acids is 2. The van der Waals surface area contributed by atoms with Crippen molar-refractivity contribution in [3.63, 3.8) is 0 Å². The number of anilines is 1. The van der Waals surface area contributed by atoms with Crippen molar-refractivity contribution in [1.82, 2.24) is 5.32 Å². The number of halogens is 1. The summed E-state index contributed by atoms with van der Waals surface area (Å²) < 4.78 is 4.63. The molecule has 0 saturated heterocycles. The summed E-state index contributed by atoms with van der Waals surface area (Å²) >= 11 is 5.90. The molecule has 0 atom stereocenters. The molecular weight excluding hydrogens is 268 g/mol. The lowest BCUT2D eigenvalue weighted by Crippen LogP contribution is -2.31. The molecule has 0 bridgehead atoms. The Balaban J connectivity index is 1.95. The van der Waals surface area contributed by atoms with Crippen LogP contribution in [0.1, 0.15) is 23.2 Å². The van der Waals surface area contributed by atoms with Crippen molar-refractivity contribution in [2.75, 3.05) is 19.0 Å². The van der Waals surface area contributed by atoms with E-state index < -0.39 is 5.97 Å². The zero-order valence-electron chi connectivity index (χ0n) is 10.5. The number of benzene rings is 1. The van der Waals surface area contributed by atoms with Gasteiger partial charge in [0.05, 0.1) is 24.2 Å².